The van der Waals surface area contributed by atoms with E-state index in [2.05, 4.69) is 32.0 Å². The van der Waals surface area contributed by atoms with Crippen LogP contribution in [0.25, 0.3) is 11.3 Å². The highest BCUT2D eigenvalue weighted by molar-refractivity contribution is 5.72. The van der Waals surface area contributed by atoms with Crippen LogP contribution in [0.2, 0.25) is 0 Å². The predicted octanol–water partition coefficient (Wildman–Crippen LogP) is 4.33. The number of nitrogens with zero attached hydrogens (tertiary/aromatic N) is 1. The van der Waals surface area contributed by atoms with Gasteiger partial charge in [0, 0.05) is 23.7 Å². The van der Waals surface area contributed by atoms with Crippen molar-refractivity contribution in [3.8, 4) is 17.0 Å². The highest BCUT2D eigenvalue weighted by Gasteiger charge is 2.27. The molecular weight excluding hydrogens is 390 g/mol. The molecule has 1 atom stereocenters. The fraction of sp³-hybridized carbons (Fsp3) is 0.577. The van der Waals surface area contributed by atoms with Crippen molar-refractivity contribution in [2.45, 2.75) is 64.5 Å². The minimum absolute atomic E-state index is 0.0127. The summed E-state index contributed by atoms with van der Waals surface area (Å²) in [7, 11) is 0. The molecule has 0 amide bonds. The summed E-state index contributed by atoms with van der Waals surface area (Å²) in [4.78, 5) is 13.0. The molecule has 1 unspecified atom stereocenters. The highest BCUT2D eigenvalue weighted by Crippen LogP contribution is 2.40. The Hall–Kier alpha value is -2.11. The summed E-state index contributed by atoms with van der Waals surface area (Å²) in [6.07, 6.45) is 6.09. The molecule has 5 nitrogen and oxygen atoms in total. The molecule has 0 bridgehead atoms. The Balaban J connectivity index is 1.48. The van der Waals surface area contributed by atoms with E-state index in [1.54, 1.807) is 6.07 Å². The summed E-state index contributed by atoms with van der Waals surface area (Å²) in [5.74, 6) is 1.87. The summed E-state index contributed by atoms with van der Waals surface area (Å²) in [5, 5.41) is 0. The zero-order valence-corrected chi connectivity index (χ0v) is 18.7. The Labute approximate surface area is 184 Å². The van der Waals surface area contributed by atoms with E-state index >= 15 is 0 Å². The van der Waals surface area contributed by atoms with Crippen LogP contribution in [0.15, 0.2) is 29.1 Å². The molecule has 2 aliphatic heterocycles. The minimum atomic E-state index is -0.0890. The zero-order chi connectivity index (χ0) is 21.4. The second kappa shape index (κ2) is 8.79. The van der Waals surface area contributed by atoms with Gasteiger partial charge in [0.05, 0.1) is 25.5 Å². The number of aryl methyl sites for hydroxylation is 2. The van der Waals surface area contributed by atoms with Gasteiger partial charge in [-0.05, 0) is 42.2 Å². The Kier molecular flexibility index (Phi) is 5.89. The standard InChI is InChI=1S/C26H33NO4/c1-17(2)25-23(31-16-21-15-29-11-12-30-21)14-24(28)27-10-9-20-13-19(6-5-18-3-4-18)7-8-22(20)26(25)27/h7-8,13-14,17-18,21H,3-6,9-12,15-16H2,1-2H3. The van der Waals surface area contributed by atoms with Gasteiger partial charge in [-0.1, -0.05) is 44.9 Å². The van der Waals surface area contributed by atoms with E-state index in [-0.39, 0.29) is 17.6 Å². The molecule has 5 rings (SSSR count). The van der Waals surface area contributed by atoms with Crippen molar-refractivity contribution in [1.82, 2.24) is 4.57 Å². The van der Waals surface area contributed by atoms with Gasteiger partial charge in [-0.25, -0.2) is 0 Å². The van der Waals surface area contributed by atoms with Crippen molar-refractivity contribution in [3.63, 3.8) is 0 Å². The molecule has 1 aromatic carbocycles. The van der Waals surface area contributed by atoms with Gasteiger partial charge in [0.25, 0.3) is 5.56 Å². The Morgan fingerprint density at radius 1 is 1.19 bits per heavy atom. The maximum atomic E-state index is 13.0. The van der Waals surface area contributed by atoms with E-state index in [1.165, 1.54) is 36.0 Å². The smallest absolute Gasteiger partial charge is 0.254 e. The molecule has 0 N–H and O–H groups in total. The molecule has 0 spiro atoms. The number of fused-ring (bicyclic) bond motifs is 3. The van der Waals surface area contributed by atoms with Gasteiger partial charge in [-0.3, -0.25) is 4.79 Å². The summed E-state index contributed by atoms with van der Waals surface area (Å²) < 4.78 is 19.3. The first-order chi connectivity index (χ1) is 15.1. The van der Waals surface area contributed by atoms with E-state index in [1.807, 2.05) is 4.57 Å². The van der Waals surface area contributed by atoms with Crippen LogP contribution in [0.1, 0.15) is 55.7 Å². The summed E-state index contributed by atoms with van der Waals surface area (Å²) >= 11 is 0. The van der Waals surface area contributed by atoms with Crippen LogP contribution in [0, 0.1) is 5.92 Å². The van der Waals surface area contributed by atoms with Crippen LogP contribution in [0.4, 0.5) is 0 Å². The number of hydrogen-bond acceptors (Lipinski definition) is 4. The lowest BCUT2D eigenvalue weighted by molar-refractivity contribution is -0.101. The highest BCUT2D eigenvalue weighted by atomic mass is 16.6. The predicted molar refractivity (Wildman–Crippen MR) is 121 cm³/mol. The van der Waals surface area contributed by atoms with Crippen LogP contribution in [-0.4, -0.2) is 37.1 Å². The van der Waals surface area contributed by atoms with E-state index in [0.29, 0.717) is 32.2 Å². The Morgan fingerprint density at radius 3 is 2.81 bits per heavy atom. The van der Waals surface area contributed by atoms with Gasteiger partial charge in [0.15, 0.2) is 0 Å². The normalized spacial score (nSPS) is 20.4. The van der Waals surface area contributed by atoms with Crippen LogP contribution in [0.5, 0.6) is 5.75 Å². The van der Waals surface area contributed by atoms with Gasteiger partial charge in [0.2, 0.25) is 0 Å². The molecule has 1 saturated heterocycles. The molecule has 166 valence electrons. The summed E-state index contributed by atoms with van der Waals surface area (Å²) in [6, 6.07) is 8.52. The largest absolute Gasteiger partial charge is 0.490 e. The lowest BCUT2D eigenvalue weighted by Gasteiger charge is -2.29. The second-order valence-corrected chi connectivity index (χ2v) is 9.52. The second-order valence-electron chi connectivity index (χ2n) is 9.52. The monoisotopic (exact) mass is 423 g/mol. The van der Waals surface area contributed by atoms with E-state index < -0.39 is 0 Å². The Bertz CT molecular complexity index is 999. The molecular formula is C26H33NO4. The number of ether oxygens (including phenoxy) is 3. The molecule has 3 aliphatic rings. The van der Waals surface area contributed by atoms with Crippen molar-refractivity contribution in [2.24, 2.45) is 5.92 Å². The lowest BCUT2D eigenvalue weighted by atomic mass is 9.88. The molecule has 1 aliphatic carbocycles. The average molecular weight is 424 g/mol. The van der Waals surface area contributed by atoms with Gasteiger partial charge in [0.1, 0.15) is 18.5 Å². The number of rotatable bonds is 7. The Morgan fingerprint density at radius 2 is 2.06 bits per heavy atom. The van der Waals surface area contributed by atoms with Gasteiger partial charge in [-0.2, -0.15) is 0 Å². The van der Waals surface area contributed by atoms with Crippen molar-refractivity contribution >= 4 is 0 Å². The zero-order valence-electron chi connectivity index (χ0n) is 18.7. The first kappa shape index (κ1) is 20.8. The topological polar surface area (TPSA) is 49.7 Å². The SMILES string of the molecule is CC(C)c1c(OCC2COCCO2)cc(=O)n2c1-c1ccc(CCC3CC3)cc1CC2. The summed E-state index contributed by atoms with van der Waals surface area (Å²) in [6.45, 7) is 7.23. The van der Waals surface area contributed by atoms with Crippen molar-refractivity contribution in [1.29, 1.82) is 0 Å². The lowest BCUT2D eigenvalue weighted by Crippen LogP contribution is -2.34. The van der Waals surface area contributed by atoms with Crippen LogP contribution >= 0.6 is 0 Å². The molecule has 3 heterocycles. The molecule has 0 radical (unpaired) electrons. The van der Waals surface area contributed by atoms with Gasteiger partial charge in [-0.15, -0.1) is 0 Å². The molecule has 1 aromatic heterocycles. The van der Waals surface area contributed by atoms with Crippen LogP contribution in [0.3, 0.4) is 0 Å². The minimum Gasteiger partial charge on any atom is -0.490 e. The van der Waals surface area contributed by atoms with Gasteiger partial charge < -0.3 is 18.8 Å². The van der Waals surface area contributed by atoms with Crippen LogP contribution < -0.4 is 10.3 Å². The maximum absolute atomic E-state index is 13.0. The third-order valence-electron chi connectivity index (χ3n) is 6.77. The molecule has 5 heteroatoms. The number of benzene rings is 1. The van der Waals surface area contributed by atoms with E-state index in [9.17, 15) is 4.79 Å². The van der Waals surface area contributed by atoms with Gasteiger partial charge >= 0.3 is 0 Å². The first-order valence-corrected chi connectivity index (χ1v) is 11.8. The number of aromatic nitrogens is 1. The van der Waals surface area contributed by atoms with Crippen molar-refractivity contribution in [3.05, 3.63) is 51.3 Å². The van der Waals surface area contributed by atoms with E-state index in [4.69, 9.17) is 14.2 Å². The van der Waals surface area contributed by atoms with Crippen LogP contribution in [-0.2, 0) is 28.9 Å². The average Bonchev–Trinajstić information content (AvgIpc) is 3.61. The third-order valence-corrected chi connectivity index (χ3v) is 6.77. The molecule has 1 saturated carbocycles. The van der Waals surface area contributed by atoms with Crippen molar-refractivity contribution < 1.29 is 14.2 Å². The number of pyridine rings is 1. The quantitative estimate of drug-likeness (QED) is 0.665. The van der Waals surface area contributed by atoms with Crippen molar-refractivity contribution in [2.75, 3.05) is 26.4 Å². The fourth-order valence-electron chi connectivity index (χ4n) is 4.90. The third kappa shape index (κ3) is 4.44. The van der Waals surface area contributed by atoms with E-state index in [0.717, 1.165) is 36.6 Å². The number of hydrogen-bond donors (Lipinski definition) is 0. The first-order valence-electron chi connectivity index (χ1n) is 11.8. The molecule has 31 heavy (non-hydrogen) atoms. The maximum Gasteiger partial charge on any atom is 0.254 e. The molecule has 2 aromatic rings. The molecule has 2 fully saturated rings. The fourth-order valence-corrected chi connectivity index (χ4v) is 4.90. The summed E-state index contributed by atoms with van der Waals surface area (Å²) in [5.41, 5.74) is 6.13.